The Morgan fingerprint density at radius 3 is 2.50 bits per heavy atom. The Morgan fingerprint density at radius 2 is 1.82 bits per heavy atom. The fourth-order valence-electron chi connectivity index (χ4n) is 2.96. The van der Waals surface area contributed by atoms with Gasteiger partial charge in [-0.25, -0.2) is 14.8 Å². The minimum atomic E-state index is -1.65. The second kappa shape index (κ2) is 10.1. The van der Waals surface area contributed by atoms with Crippen molar-refractivity contribution in [2.24, 2.45) is 4.99 Å². The molecule has 6 rings (SSSR count). The van der Waals surface area contributed by atoms with Crippen molar-refractivity contribution < 1.29 is 14.9 Å². The Balaban J connectivity index is 0.000000136. The van der Waals surface area contributed by atoms with Gasteiger partial charge < -0.3 is 35.2 Å². The summed E-state index contributed by atoms with van der Waals surface area (Å²) in [7, 11) is 0. The molecule has 0 fully saturated rings. The lowest BCUT2D eigenvalue weighted by Gasteiger charge is -2.21. The molecular formula is C23H21N7O4. The van der Waals surface area contributed by atoms with Crippen LogP contribution in [0.3, 0.4) is 0 Å². The van der Waals surface area contributed by atoms with Crippen molar-refractivity contribution in [2.75, 3.05) is 0 Å². The van der Waals surface area contributed by atoms with Crippen LogP contribution in [0, 0.1) is 0 Å². The number of aliphatic hydroxyl groups is 1. The van der Waals surface area contributed by atoms with Gasteiger partial charge in [-0.3, -0.25) is 0 Å². The largest absolute Gasteiger partial charge is 0.506 e. The van der Waals surface area contributed by atoms with Crippen molar-refractivity contribution in [1.82, 2.24) is 30.2 Å². The van der Waals surface area contributed by atoms with E-state index in [0.717, 1.165) is 16.4 Å². The Kier molecular flexibility index (Phi) is 6.65. The zero-order chi connectivity index (χ0) is 23.8. The Labute approximate surface area is 192 Å². The normalized spacial score (nSPS) is 16.1. The summed E-state index contributed by atoms with van der Waals surface area (Å²) >= 11 is 0. The summed E-state index contributed by atoms with van der Waals surface area (Å²) in [6, 6.07) is 16.5. The summed E-state index contributed by atoms with van der Waals surface area (Å²) in [5.74, 6) is -0.956. The average molecular weight is 459 g/mol. The maximum Gasteiger partial charge on any atom is 0.344 e. The lowest BCUT2D eigenvalue weighted by Crippen LogP contribution is -2.35. The number of benzene rings is 2. The van der Waals surface area contributed by atoms with E-state index >= 15 is 0 Å². The molecule has 1 unspecified atom stereocenters. The number of phenols is 1. The highest BCUT2D eigenvalue weighted by Gasteiger charge is 2.26. The van der Waals surface area contributed by atoms with Gasteiger partial charge in [-0.15, -0.1) is 0 Å². The highest BCUT2D eigenvalue weighted by molar-refractivity contribution is 5.81. The van der Waals surface area contributed by atoms with Gasteiger partial charge >= 0.3 is 11.6 Å². The van der Waals surface area contributed by atoms with Crippen molar-refractivity contribution in [1.29, 1.82) is 0 Å². The first-order chi connectivity index (χ1) is 16.5. The number of nitrogens with zero attached hydrogens (tertiary/aromatic N) is 3. The summed E-state index contributed by atoms with van der Waals surface area (Å²) in [5.41, 5.74) is 2.14. The molecule has 34 heavy (non-hydrogen) atoms. The van der Waals surface area contributed by atoms with Crippen LogP contribution in [0.1, 0.15) is 0 Å². The summed E-state index contributed by atoms with van der Waals surface area (Å²) in [5, 5.41) is 22.9. The van der Waals surface area contributed by atoms with E-state index in [1.54, 1.807) is 30.7 Å². The third kappa shape index (κ3) is 5.66. The number of H-pyrrole nitrogens is 3. The first kappa shape index (κ1) is 22.3. The summed E-state index contributed by atoms with van der Waals surface area (Å²) < 4.78 is 5.40. The van der Waals surface area contributed by atoms with E-state index in [4.69, 9.17) is 4.74 Å². The number of imidazole rings is 1. The van der Waals surface area contributed by atoms with Crippen LogP contribution >= 0.6 is 0 Å². The third-order valence-electron chi connectivity index (χ3n) is 4.50. The van der Waals surface area contributed by atoms with Crippen LogP contribution in [-0.2, 0) is 0 Å². The number of hydrogen-bond acceptors (Lipinski definition) is 8. The molecule has 0 spiro atoms. The Bertz CT molecular complexity index is 1420. The summed E-state index contributed by atoms with van der Waals surface area (Å²) in [6.45, 7) is 0. The van der Waals surface area contributed by atoms with Gasteiger partial charge in [0, 0.05) is 41.6 Å². The molecule has 172 valence electrons. The zero-order valence-corrected chi connectivity index (χ0v) is 17.7. The number of nitrogens with one attached hydrogen (secondary N) is 4. The highest BCUT2D eigenvalue weighted by Crippen LogP contribution is 2.24. The fraction of sp³-hybridized carbons (Fsp3) is 0.0435. The van der Waals surface area contributed by atoms with Crippen molar-refractivity contribution >= 4 is 28.3 Å². The van der Waals surface area contributed by atoms with Crippen molar-refractivity contribution in [3.05, 3.63) is 96.1 Å². The number of aromatic amines is 3. The molecule has 1 atom stereocenters. The molecule has 11 nitrogen and oxygen atoms in total. The highest BCUT2D eigenvalue weighted by atomic mass is 16.6. The summed E-state index contributed by atoms with van der Waals surface area (Å²) in [6.07, 6.45) is 8.91. The predicted octanol–water partition coefficient (Wildman–Crippen LogP) is 2.38. The van der Waals surface area contributed by atoms with Crippen LogP contribution in [0.15, 0.2) is 95.4 Å². The standard InChI is InChI=1S/C12H11N3O2.C7H6N2O.C4H4N2O/c16-12(5-6-13-8-14-12)17-11-7-9-3-1-2-4-10(9)15-11;10-6-3-1-2-5-7(6)9-4-8-5;7-4-5-2-1-3-6-4/h1-8,15-16H,(H,13,14);1-4,10H,(H,8,9);1-3H,(H,5,6,7). The van der Waals surface area contributed by atoms with Gasteiger partial charge in [0.1, 0.15) is 11.3 Å². The molecule has 1 aliphatic heterocycles. The van der Waals surface area contributed by atoms with Crippen LogP contribution in [-0.4, -0.2) is 47.4 Å². The van der Waals surface area contributed by atoms with Gasteiger partial charge in [-0.1, -0.05) is 24.3 Å². The predicted molar refractivity (Wildman–Crippen MR) is 127 cm³/mol. The van der Waals surface area contributed by atoms with E-state index in [0.29, 0.717) is 11.4 Å². The van der Waals surface area contributed by atoms with Crippen LogP contribution in [0.2, 0.25) is 0 Å². The first-order valence-electron chi connectivity index (χ1n) is 10.1. The third-order valence-corrected chi connectivity index (χ3v) is 4.50. The summed E-state index contributed by atoms with van der Waals surface area (Å²) in [4.78, 5) is 29.5. The fourth-order valence-corrected chi connectivity index (χ4v) is 2.96. The Morgan fingerprint density at radius 1 is 0.971 bits per heavy atom. The molecule has 4 heterocycles. The first-order valence-corrected chi connectivity index (χ1v) is 10.1. The number of phenolic OH excluding ortho intramolecular Hbond substituents is 1. The van der Waals surface area contributed by atoms with Gasteiger partial charge in [0.25, 0.3) is 0 Å². The molecule has 0 aliphatic carbocycles. The van der Waals surface area contributed by atoms with Crippen LogP contribution in [0.4, 0.5) is 0 Å². The molecule has 0 saturated carbocycles. The molecule has 0 amide bonds. The zero-order valence-electron chi connectivity index (χ0n) is 17.7. The molecule has 0 bridgehead atoms. The number of ether oxygens (including phenoxy) is 1. The van der Waals surface area contributed by atoms with Crippen LogP contribution in [0.5, 0.6) is 11.6 Å². The molecule has 0 saturated heterocycles. The monoisotopic (exact) mass is 459 g/mol. The van der Waals surface area contributed by atoms with E-state index in [-0.39, 0.29) is 11.4 Å². The van der Waals surface area contributed by atoms with E-state index in [1.807, 2.05) is 36.4 Å². The number of aromatic nitrogens is 5. The quantitative estimate of drug-likeness (QED) is 0.221. The number of fused-ring (bicyclic) bond motifs is 2. The minimum Gasteiger partial charge on any atom is -0.506 e. The van der Waals surface area contributed by atoms with E-state index in [9.17, 15) is 15.0 Å². The number of aliphatic imine (C=N–C) groups is 1. The van der Waals surface area contributed by atoms with E-state index < -0.39 is 5.91 Å². The minimum absolute atomic E-state index is 0.221. The number of rotatable bonds is 2. The average Bonchev–Trinajstić information content (AvgIpc) is 3.48. The molecule has 6 N–H and O–H groups in total. The Hall–Kier alpha value is -4.90. The number of aromatic hydroxyl groups is 1. The van der Waals surface area contributed by atoms with Gasteiger partial charge in [0.2, 0.25) is 0 Å². The molecule has 1 aliphatic rings. The number of para-hydroxylation sites is 2. The lowest BCUT2D eigenvalue weighted by atomic mass is 10.3. The smallest absolute Gasteiger partial charge is 0.344 e. The van der Waals surface area contributed by atoms with Gasteiger partial charge in [-0.2, -0.15) is 4.99 Å². The molecule has 5 aromatic rings. The van der Waals surface area contributed by atoms with Crippen molar-refractivity contribution in [2.45, 2.75) is 5.91 Å². The van der Waals surface area contributed by atoms with Crippen LogP contribution < -0.4 is 15.7 Å². The molecule has 0 radical (unpaired) electrons. The van der Waals surface area contributed by atoms with Crippen molar-refractivity contribution in [3.8, 4) is 11.6 Å². The molecular weight excluding hydrogens is 438 g/mol. The number of hydrogen-bond donors (Lipinski definition) is 6. The van der Waals surface area contributed by atoms with E-state index in [1.165, 1.54) is 24.8 Å². The SMILES string of the molecule is O=c1nccc[nH]1.OC1(Oc2cc3ccccc3[nH]2)C=CNC=N1.Oc1cccc2[nH]cnc12. The van der Waals surface area contributed by atoms with Gasteiger partial charge in [-0.05, 0) is 24.3 Å². The van der Waals surface area contributed by atoms with E-state index in [2.05, 4.69) is 35.2 Å². The van der Waals surface area contributed by atoms with Gasteiger partial charge in [0.05, 0.1) is 18.2 Å². The molecule has 11 heteroatoms. The second-order valence-electron chi connectivity index (χ2n) is 6.90. The van der Waals surface area contributed by atoms with Crippen molar-refractivity contribution in [3.63, 3.8) is 0 Å². The lowest BCUT2D eigenvalue weighted by molar-refractivity contribution is -0.0891. The maximum atomic E-state index is 10.1. The molecule has 3 aromatic heterocycles. The van der Waals surface area contributed by atoms with Crippen LogP contribution in [0.25, 0.3) is 21.9 Å². The maximum absolute atomic E-state index is 10.1. The molecule has 2 aromatic carbocycles. The van der Waals surface area contributed by atoms with Gasteiger partial charge in [0.15, 0.2) is 5.88 Å². The topological polar surface area (TPSA) is 164 Å². The second-order valence-corrected chi connectivity index (χ2v) is 6.90.